The van der Waals surface area contributed by atoms with Crippen LogP contribution in [-0.4, -0.2) is 22.2 Å². The highest BCUT2D eigenvalue weighted by Gasteiger charge is 2.29. The Kier molecular flexibility index (Phi) is 6.09. The van der Waals surface area contributed by atoms with E-state index in [1.165, 1.54) is 11.1 Å². The van der Waals surface area contributed by atoms with Crippen LogP contribution in [0.3, 0.4) is 0 Å². The minimum Gasteiger partial charge on any atom is -0.481 e. The second-order valence-electron chi connectivity index (χ2n) is 8.11. The zero-order valence-electron chi connectivity index (χ0n) is 16.5. The highest BCUT2D eigenvalue weighted by atomic mass is 16.4. The lowest BCUT2D eigenvalue weighted by Gasteiger charge is -2.20. The Hall–Kier alpha value is -2.62. The smallest absolute Gasteiger partial charge is 0.313 e. The zero-order chi connectivity index (χ0) is 20.2. The third-order valence-corrected chi connectivity index (χ3v) is 5.35. The molecule has 0 spiro atoms. The molecular weight excluding hydrogens is 340 g/mol. The van der Waals surface area contributed by atoms with Crippen LogP contribution in [0, 0.1) is 0 Å². The maximum absolute atomic E-state index is 11.3. The van der Waals surface area contributed by atoms with Crippen molar-refractivity contribution in [3.63, 3.8) is 0 Å². The molecule has 27 heavy (non-hydrogen) atoms. The first-order chi connectivity index (χ1) is 12.5. The van der Waals surface area contributed by atoms with Gasteiger partial charge < -0.3 is 10.2 Å². The molecule has 0 saturated heterocycles. The van der Waals surface area contributed by atoms with Gasteiger partial charge in [0.05, 0.1) is 10.8 Å². The molecule has 4 nitrogen and oxygen atoms in total. The summed E-state index contributed by atoms with van der Waals surface area (Å²) in [5.41, 5.74) is 2.20. The van der Waals surface area contributed by atoms with Crippen LogP contribution < -0.4 is 0 Å². The molecule has 4 heteroatoms. The molecule has 0 aliphatic rings. The topological polar surface area (TPSA) is 74.6 Å². The summed E-state index contributed by atoms with van der Waals surface area (Å²) >= 11 is 0. The van der Waals surface area contributed by atoms with Crippen LogP contribution in [-0.2, 0) is 33.3 Å². The fourth-order valence-corrected chi connectivity index (χ4v) is 2.92. The Labute approximate surface area is 160 Å². The molecule has 0 fully saturated rings. The number of rotatable bonds is 8. The van der Waals surface area contributed by atoms with Gasteiger partial charge in [0, 0.05) is 0 Å². The number of hydrogen-bond acceptors (Lipinski definition) is 2. The van der Waals surface area contributed by atoms with E-state index in [9.17, 15) is 19.8 Å². The van der Waals surface area contributed by atoms with Crippen molar-refractivity contribution in [2.24, 2.45) is 0 Å². The maximum Gasteiger partial charge on any atom is 0.313 e. The Morgan fingerprint density at radius 1 is 0.667 bits per heavy atom. The SMILES string of the molecule is CC(C)(C(=O)O)c1ccc(CCCc2ccc(C(C)(C)C(=O)O)cc2)cc1. The van der Waals surface area contributed by atoms with Crippen molar-refractivity contribution in [3.05, 3.63) is 70.8 Å². The standard InChI is InChI=1S/C23H28O4/c1-22(2,20(24)25)18-12-8-16(9-13-18)6-5-7-17-10-14-19(15-11-17)23(3,4)21(26)27/h8-15H,5-7H2,1-4H3,(H,24,25)(H,26,27). The molecule has 0 bridgehead atoms. The monoisotopic (exact) mass is 368 g/mol. The Morgan fingerprint density at radius 3 is 1.22 bits per heavy atom. The summed E-state index contributed by atoms with van der Waals surface area (Å²) in [6, 6.07) is 15.6. The van der Waals surface area contributed by atoms with Crippen molar-refractivity contribution in [2.75, 3.05) is 0 Å². The van der Waals surface area contributed by atoms with Gasteiger partial charge in [-0.1, -0.05) is 48.5 Å². The van der Waals surface area contributed by atoms with Gasteiger partial charge in [-0.2, -0.15) is 0 Å². The fraction of sp³-hybridized carbons (Fsp3) is 0.391. The van der Waals surface area contributed by atoms with Gasteiger partial charge in [0.15, 0.2) is 0 Å². The van der Waals surface area contributed by atoms with Gasteiger partial charge in [0.25, 0.3) is 0 Å². The van der Waals surface area contributed by atoms with Crippen LogP contribution in [0.2, 0.25) is 0 Å². The molecule has 0 saturated carbocycles. The lowest BCUT2D eigenvalue weighted by atomic mass is 9.84. The first kappa shape index (κ1) is 20.7. The van der Waals surface area contributed by atoms with Crippen LogP contribution in [0.15, 0.2) is 48.5 Å². The van der Waals surface area contributed by atoms with Crippen LogP contribution >= 0.6 is 0 Å². The minimum atomic E-state index is -0.885. The lowest BCUT2D eigenvalue weighted by molar-refractivity contribution is -0.143. The van der Waals surface area contributed by atoms with Crippen LogP contribution in [0.1, 0.15) is 56.4 Å². The Balaban J connectivity index is 1.93. The molecule has 2 N–H and O–H groups in total. The molecule has 0 radical (unpaired) electrons. The second-order valence-corrected chi connectivity index (χ2v) is 8.11. The quantitative estimate of drug-likeness (QED) is 0.715. The molecule has 0 aliphatic carbocycles. The molecule has 0 unspecified atom stereocenters. The first-order valence-corrected chi connectivity index (χ1v) is 9.21. The van der Waals surface area contributed by atoms with Crippen LogP contribution in [0.5, 0.6) is 0 Å². The number of hydrogen-bond donors (Lipinski definition) is 2. The summed E-state index contributed by atoms with van der Waals surface area (Å²) in [4.78, 5) is 22.7. The van der Waals surface area contributed by atoms with Crippen molar-refractivity contribution in [1.82, 2.24) is 0 Å². The van der Waals surface area contributed by atoms with Gasteiger partial charge in [-0.25, -0.2) is 0 Å². The largest absolute Gasteiger partial charge is 0.481 e. The summed E-state index contributed by atoms with van der Waals surface area (Å²) < 4.78 is 0. The molecule has 0 aliphatic heterocycles. The van der Waals surface area contributed by atoms with Gasteiger partial charge in [-0.3, -0.25) is 9.59 Å². The Bertz CT molecular complexity index is 730. The van der Waals surface area contributed by atoms with Crippen molar-refractivity contribution >= 4 is 11.9 Å². The molecule has 2 aromatic carbocycles. The van der Waals surface area contributed by atoms with E-state index >= 15 is 0 Å². The summed E-state index contributed by atoms with van der Waals surface area (Å²) in [6.07, 6.45) is 2.80. The highest BCUT2D eigenvalue weighted by Crippen LogP contribution is 2.25. The van der Waals surface area contributed by atoms with E-state index < -0.39 is 22.8 Å². The summed E-state index contributed by atoms with van der Waals surface area (Å²) in [7, 11) is 0. The summed E-state index contributed by atoms with van der Waals surface area (Å²) in [5, 5.41) is 18.6. The molecule has 2 rings (SSSR count). The van der Waals surface area contributed by atoms with Gasteiger partial charge >= 0.3 is 11.9 Å². The van der Waals surface area contributed by atoms with E-state index in [2.05, 4.69) is 0 Å². The van der Waals surface area contributed by atoms with Crippen molar-refractivity contribution in [2.45, 2.75) is 57.8 Å². The van der Waals surface area contributed by atoms with E-state index in [1.807, 2.05) is 48.5 Å². The minimum absolute atomic E-state index is 0.801. The van der Waals surface area contributed by atoms with E-state index in [0.29, 0.717) is 0 Å². The van der Waals surface area contributed by atoms with Gasteiger partial charge in [-0.05, 0) is 69.2 Å². The summed E-state index contributed by atoms with van der Waals surface area (Å²) in [6.45, 7) is 6.83. The third-order valence-electron chi connectivity index (χ3n) is 5.35. The molecule has 0 aromatic heterocycles. The number of carbonyl (C=O) groups is 2. The van der Waals surface area contributed by atoms with E-state index in [0.717, 1.165) is 30.4 Å². The summed E-state index contributed by atoms with van der Waals surface area (Å²) in [5.74, 6) is -1.66. The number of carboxylic acid groups (broad SMARTS) is 2. The molecule has 0 atom stereocenters. The second kappa shape index (κ2) is 7.95. The molecule has 0 heterocycles. The highest BCUT2D eigenvalue weighted by molar-refractivity contribution is 5.80. The average Bonchev–Trinajstić information content (AvgIpc) is 2.62. The molecule has 2 aromatic rings. The fourth-order valence-electron chi connectivity index (χ4n) is 2.92. The van der Waals surface area contributed by atoms with Gasteiger partial charge in [0.2, 0.25) is 0 Å². The molecular formula is C23H28O4. The number of carboxylic acids is 2. The van der Waals surface area contributed by atoms with Crippen LogP contribution in [0.25, 0.3) is 0 Å². The number of aliphatic carboxylic acids is 2. The molecule has 0 amide bonds. The number of benzene rings is 2. The van der Waals surface area contributed by atoms with Crippen molar-refractivity contribution in [3.8, 4) is 0 Å². The van der Waals surface area contributed by atoms with E-state index in [4.69, 9.17) is 0 Å². The Morgan fingerprint density at radius 2 is 0.963 bits per heavy atom. The lowest BCUT2D eigenvalue weighted by Crippen LogP contribution is -2.28. The molecule has 144 valence electrons. The van der Waals surface area contributed by atoms with Crippen molar-refractivity contribution in [1.29, 1.82) is 0 Å². The normalized spacial score (nSPS) is 12.0. The predicted molar refractivity (Wildman–Crippen MR) is 106 cm³/mol. The van der Waals surface area contributed by atoms with Crippen molar-refractivity contribution < 1.29 is 19.8 Å². The zero-order valence-corrected chi connectivity index (χ0v) is 16.5. The average molecular weight is 368 g/mol. The first-order valence-electron chi connectivity index (χ1n) is 9.21. The van der Waals surface area contributed by atoms with E-state index in [1.54, 1.807) is 27.7 Å². The number of aryl methyl sites for hydroxylation is 2. The van der Waals surface area contributed by atoms with Crippen LogP contribution in [0.4, 0.5) is 0 Å². The van der Waals surface area contributed by atoms with E-state index in [-0.39, 0.29) is 0 Å². The maximum atomic E-state index is 11.3. The van der Waals surface area contributed by atoms with Gasteiger partial charge in [-0.15, -0.1) is 0 Å². The van der Waals surface area contributed by atoms with Gasteiger partial charge in [0.1, 0.15) is 0 Å². The predicted octanol–water partition coefficient (Wildman–Crippen LogP) is 4.59. The third kappa shape index (κ3) is 4.76.